The molecular formula is C21H19N5O4S. The van der Waals surface area contributed by atoms with Crippen molar-refractivity contribution in [2.24, 2.45) is 0 Å². The summed E-state index contributed by atoms with van der Waals surface area (Å²) in [5.41, 5.74) is 1.39. The van der Waals surface area contributed by atoms with Crippen molar-refractivity contribution in [2.75, 3.05) is 0 Å². The number of sulfonamides is 1. The highest BCUT2D eigenvalue weighted by Gasteiger charge is 2.14. The topological polar surface area (TPSA) is 119 Å². The van der Waals surface area contributed by atoms with E-state index in [0.717, 1.165) is 0 Å². The maximum Gasteiger partial charge on any atom is 0.244 e. The van der Waals surface area contributed by atoms with Crippen LogP contribution in [0, 0.1) is 0 Å². The van der Waals surface area contributed by atoms with Crippen LogP contribution in [0.25, 0.3) is 11.7 Å². The molecule has 3 heterocycles. The van der Waals surface area contributed by atoms with E-state index in [1.807, 2.05) is 24.4 Å². The Morgan fingerprint density at radius 1 is 1.03 bits per heavy atom. The van der Waals surface area contributed by atoms with E-state index in [9.17, 15) is 13.2 Å². The van der Waals surface area contributed by atoms with Gasteiger partial charge >= 0.3 is 0 Å². The largest absolute Gasteiger partial charge is 0.468 e. The number of pyridine rings is 1. The first-order valence-corrected chi connectivity index (χ1v) is 10.9. The fourth-order valence-corrected chi connectivity index (χ4v) is 3.82. The van der Waals surface area contributed by atoms with Gasteiger partial charge in [0.2, 0.25) is 15.9 Å². The van der Waals surface area contributed by atoms with Gasteiger partial charge in [0.05, 0.1) is 24.2 Å². The lowest BCUT2D eigenvalue weighted by Crippen LogP contribution is -2.23. The van der Waals surface area contributed by atoms with E-state index in [-0.39, 0.29) is 23.9 Å². The molecule has 0 unspecified atom stereocenters. The summed E-state index contributed by atoms with van der Waals surface area (Å²) in [6.45, 7) is 0.297. The standard InChI is InChI=1S/C21H19N5O4S/c27-21(22-15-20-25-24-19-5-1-2-12-26(19)20)11-8-16-6-9-18(10-7-16)31(28,29)23-14-17-4-3-13-30-17/h1-13,23H,14-15H2,(H,22,27)/b11-8+. The number of furan rings is 1. The molecule has 4 rings (SSSR count). The summed E-state index contributed by atoms with van der Waals surface area (Å²) in [7, 11) is -3.66. The minimum Gasteiger partial charge on any atom is -0.468 e. The number of hydrogen-bond donors (Lipinski definition) is 2. The number of rotatable bonds is 8. The molecule has 0 aliphatic rings. The number of nitrogens with one attached hydrogen (secondary N) is 2. The molecule has 0 aliphatic carbocycles. The lowest BCUT2D eigenvalue weighted by atomic mass is 10.2. The molecule has 0 fully saturated rings. The van der Waals surface area contributed by atoms with Gasteiger partial charge in [-0.1, -0.05) is 18.2 Å². The fourth-order valence-electron chi connectivity index (χ4n) is 2.83. The van der Waals surface area contributed by atoms with E-state index < -0.39 is 10.0 Å². The normalized spacial score (nSPS) is 11.9. The molecule has 0 radical (unpaired) electrons. The van der Waals surface area contributed by atoms with Crippen LogP contribution in [0.4, 0.5) is 0 Å². The Morgan fingerprint density at radius 2 is 1.87 bits per heavy atom. The van der Waals surface area contributed by atoms with E-state index in [2.05, 4.69) is 20.2 Å². The first kappa shape index (κ1) is 20.5. The SMILES string of the molecule is O=C(/C=C/c1ccc(S(=O)(=O)NCc2ccco2)cc1)NCc1nnc2ccccn12. The average Bonchev–Trinajstić information content (AvgIpc) is 3.45. The van der Waals surface area contributed by atoms with Crippen molar-refractivity contribution in [1.82, 2.24) is 24.6 Å². The lowest BCUT2D eigenvalue weighted by molar-refractivity contribution is -0.116. The second-order valence-corrected chi connectivity index (χ2v) is 8.34. The maximum absolute atomic E-state index is 12.3. The fraction of sp³-hybridized carbons (Fsp3) is 0.0952. The molecule has 0 spiro atoms. The lowest BCUT2D eigenvalue weighted by Gasteiger charge is -2.05. The molecule has 2 N–H and O–H groups in total. The number of fused-ring (bicyclic) bond motifs is 1. The smallest absolute Gasteiger partial charge is 0.244 e. The number of carbonyl (C=O) groups excluding carboxylic acids is 1. The molecule has 0 aliphatic heterocycles. The van der Waals surface area contributed by atoms with Crippen LogP contribution < -0.4 is 10.0 Å². The summed E-state index contributed by atoms with van der Waals surface area (Å²) in [6.07, 6.45) is 6.28. The molecule has 10 heteroatoms. The third-order valence-corrected chi connectivity index (χ3v) is 5.86. The van der Waals surface area contributed by atoms with Gasteiger partial charge in [0.25, 0.3) is 0 Å². The molecule has 4 aromatic rings. The highest BCUT2D eigenvalue weighted by Crippen LogP contribution is 2.12. The van der Waals surface area contributed by atoms with Gasteiger partial charge in [-0.05, 0) is 48.0 Å². The average molecular weight is 437 g/mol. The van der Waals surface area contributed by atoms with Crippen molar-refractivity contribution in [3.05, 3.63) is 90.3 Å². The highest BCUT2D eigenvalue weighted by molar-refractivity contribution is 7.89. The molecule has 1 aromatic carbocycles. The van der Waals surface area contributed by atoms with Gasteiger partial charge < -0.3 is 9.73 Å². The third kappa shape index (κ3) is 5.05. The Hall–Kier alpha value is -3.76. The molecule has 0 bridgehead atoms. The minimum atomic E-state index is -3.66. The molecule has 3 aromatic heterocycles. The van der Waals surface area contributed by atoms with Crippen LogP contribution in [-0.4, -0.2) is 28.9 Å². The zero-order valence-corrected chi connectivity index (χ0v) is 17.1. The summed E-state index contributed by atoms with van der Waals surface area (Å²) < 4.78 is 34.1. The van der Waals surface area contributed by atoms with Crippen molar-refractivity contribution in [3.8, 4) is 0 Å². The monoisotopic (exact) mass is 437 g/mol. The molecule has 1 amide bonds. The quantitative estimate of drug-likeness (QED) is 0.408. The number of carbonyl (C=O) groups is 1. The predicted octanol–water partition coefficient (Wildman–Crippen LogP) is 2.13. The zero-order valence-electron chi connectivity index (χ0n) is 16.3. The van der Waals surface area contributed by atoms with E-state index in [0.29, 0.717) is 22.8 Å². The summed E-state index contributed by atoms with van der Waals surface area (Å²) in [4.78, 5) is 12.2. The Labute approximate surface area is 178 Å². The highest BCUT2D eigenvalue weighted by atomic mass is 32.2. The Balaban J connectivity index is 1.33. The third-order valence-electron chi connectivity index (χ3n) is 4.44. The molecule has 0 saturated carbocycles. The summed E-state index contributed by atoms with van der Waals surface area (Å²) >= 11 is 0. The van der Waals surface area contributed by atoms with Crippen LogP contribution in [0.1, 0.15) is 17.1 Å². The van der Waals surface area contributed by atoms with Gasteiger partial charge in [0, 0.05) is 12.3 Å². The van der Waals surface area contributed by atoms with E-state index >= 15 is 0 Å². The van der Waals surface area contributed by atoms with Crippen molar-refractivity contribution in [2.45, 2.75) is 18.0 Å². The summed E-state index contributed by atoms with van der Waals surface area (Å²) in [5.74, 6) is 0.840. The van der Waals surface area contributed by atoms with Gasteiger partial charge in [0.15, 0.2) is 11.5 Å². The maximum atomic E-state index is 12.3. The van der Waals surface area contributed by atoms with Crippen molar-refractivity contribution in [3.63, 3.8) is 0 Å². The zero-order chi connectivity index (χ0) is 21.7. The Morgan fingerprint density at radius 3 is 2.65 bits per heavy atom. The second kappa shape index (κ2) is 8.94. The van der Waals surface area contributed by atoms with Crippen LogP contribution in [0.15, 0.2) is 82.4 Å². The first-order valence-electron chi connectivity index (χ1n) is 9.38. The van der Waals surface area contributed by atoms with Gasteiger partial charge in [0.1, 0.15) is 5.76 Å². The van der Waals surface area contributed by atoms with Gasteiger partial charge in [-0.3, -0.25) is 9.20 Å². The van der Waals surface area contributed by atoms with Crippen molar-refractivity contribution in [1.29, 1.82) is 0 Å². The van der Waals surface area contributed by atoms with Crippen molar-refractivity contribution >= 4 is 27.7 Å². The molecule has 0 atom stereocenters. The number of hydrogen-bond acceptors (Lipinski definition) is 6. The van der Waals surface area contributed by atoms with Crippen molar-refractivity contribution < 1.29 is 17.6 Å². The van der Waals surface area contributed by atoms with E-state index in [1.165, 1.54) is 24.5 Å². The second-order valence-electron chi connectivity index (χ2n) is 6.57. The molecule has 0 saturated heterocycles. The molecule has 31 heavy (non-hydrogen) atoms. The minimum absolute atomic E-state index is 0.0679. The number of aromatic nitrogens is 3. The first-order chi connectivity index (χ1) is 15.0. The van der Waals surface area contributed by atoms with E-state index in [4.69, 9.17) is 4.42 Å². The number of amides is 1. The van der Waals surface area contributed by atoms with Crippen LogP contribution in [0.5, 0.6) is 0 Å². The number of nitrogens with zero attached hydrogens (tertiary/aromatic N) is 3. The van der Waals surface area contributed by atoms with Gasteiger partial charge in [-0.15, -0.1) is 10.2 Å². The molecular weight excluding hydrogens is 418 g/mol. The van der Waals surface area contributed by atoms with Gasteiger partial charge in [-0.25, -0.2) is 13.1 Å². The Kier molecular flexibility index (Phi) is 5.92. The molecule has 158 valence electrons. The van der Waals surface area contributed by atoms with E-state index in [1.54, 1.807) is 34.7 Å². The Bertz CT molecular complexity index is 1310. The van der Waals surface area contributed by atoms with Gasteiger partial charge in [-0.2, -0.15) is 0 Å². The summed E-state index contributed by atoms with van der Waals surface area (Å²) in [5, 5.41) is 10.8. The van der Waals surface area contributed by atoms with Crippen LogP contribution in [0.2, 0.25) is 0 Å². The van der Waals surface area contributed by atoms with Crippen LogP contribution in [-0.2, 0) is 27.9 Å². The predicted molar refractivity (Wildman–Crippen MR) is 113 cm³/mol. The molecule has 9 nitrogen and oxygen atoms in total. The summed E-state index contributed by atoms with van der Waals surface area (Å²) in [6, 6.07) is 15.1. The van der Waals surface area contributed by atoms with Crippen LogP contribution >= 0.6 is 0 Å². The number of benzene rings is 1. The van der Waals surface area contributed by atoms with Crippen LogP contribution in [0.3, 0.4) is 0 Å².